The molecule has 12 heteroatoms. The summed E-state index contributed by atoms with van der Waals surface area (Å²) >= 11 is 18.7. The molecule has 3 aromatic carbocycles. The molecule has 0 saturated carbocycles. The molecule has 39 heavy (non-hydrogen) atoms. The van der Waals surface area contributed by atoms with Crippen LogP contribution in [0.1, 0.15) is 28.3 Å². The zero-order chi connectivity index (χ0) is 27.1. The van der Waals surface area contributed by atoms with Gasteiger partial charge in [-0.15, -0.1) is 0 Å². The number of nitriles is 1. The summed E-state index contributed by atoms with van der Waals surface area (Å²) in [6.07, 6.45) is 3.24. The highest BCUT2D eigenvalue weighted by molar-refractivity contribution is 6.42. The van der Waals surface area contributed by atoms with E-state index in [1.165, 1.54) is 29.5 Å². The summed E-state index contributed by atoms with van der Waals surface area (Å²) in [6, 6.07) is 14.6. The van der Waals surface area contributed by atoms with Crippen molar-refractivity contribution in [2.24, 2.45) is 0 Å². The molecule has 196 valence electrons. The quantitative estimate of drug-likeness (QED) is 0.150. The minimum absolute atomic E-state index is 0.0607. The van der Waals surface area contributed by atoms with Gasteiger partial charge in [-0.05, 0) is 41.0 Å². The van der Waals surface area contributed by atoms with Gasteiger partial charge in [0, 0.05) is 36.6 Å². The first-order chi connectivity index (χ1) is 18.9. The Kier molecular flexibility index (Phi) is 6.81. The van der Waals surface area contributed by atoms with E-state index in [2.05, 4.69) is 55.5 Å². The first kappa shape index (κ1) is 25.5. The molecule has 0 spiro atoms. The third-order valence-electron chi connectivity index (χ3n) is 6.71. The molecule has 0 unspecified atom stereocenters. The number of aromatic nitrogens is 1. The van der Waals surface area contributed by atoms with Crippen LogP contribution < -0.4 is 32.3 Å². The van der Waals surface area contributed by atoms with E-state index in [0.29, 0.717) is 27.3 Å². The van der Waals surface area contributed by atoms with E-state index >= 15 is 0 Å². The van der Waals surface area contributed by atoms with Gasteiger partial charge in [0.15, 0.2) is 5.82 Å². The molecule has 8 nitrogen and oxygen atoms in total. The van der Waals surface area contributed by atoms with Crippen molar-refractivity contribution in [1.82, 2.24) is 26.7 Å². The van der Waals surface area contributed by atoms with Crippen LogP contribution in [0.25, 0.3) is 10.9 Å². The lowest BCUT2D eigenvalue weighted by molar-refractivity contribution is 0.582. The summed E-state index contributed by atoms with van der Waals surface area (Å²) in [5.74, 6) is -0.732. The molecule has 2 aliphatic heterocycles. The summed E-state index contributed by atoms with van der Waals surface area (Å²) in [5, 5.41) is 20.6. The van der Waals surface area contributed by atoms with Crippen LogP contribution in [0.15, 0.2) is 60.6 Å². The first-order valence-electron chi connectivity index (χ1n) is 11.9. The van der Waals surface area contributed by atoms with Crippen LogP contribution in [0, 0.1) is 17.1 Å². The van der Waals surface area contributed by atoms with Gasteiger partial charge in [-0.25, -0.2) is 4.39 Å². The Hall–Kier alpha value is -3.78. The van der Waals surface area contributed by atoms with E-state index in [9.17, 15) is 9.65 Å². The summed E-state index contributed by atoms with van der Waals surface area (Å²) in [4.78, 5) is 4.40. The number of halogens is 4. The van der Waals surface area contributed by atoms with E-state index in [1.807, 2.05) is 18.3 Å². The number of hydrogen-bond donors (Lipinski definition) is 6. The fourth-order valence-corrected chi connectivity index (χ4v) is 5.43. The van der Waals surface area contributed by atoms with Crippen LogP contribution in [0.5, 0.6) is 0 Å². The molecule has 3 heterocycles. The summed E-state index contributed by atoms with van der Waals surface area (Å²) in [5.41, 5.74) is 15.2. The number of pyridine rings is 1. The van der Waals surface area contributed by atoms with Crippen molar-refractivity contribution in [1.29, 1.82) is 5.26 Å². The van der Waals surface area contributed by atoms with Gasteiger partial charge in [-0.3, -0.25) is 4.98 Å². The summed E-state index contributed by atoms with van der Waals surface area (Å²) in [6.45, 7) is 1.57. The van der Waals surface area contributed by atoms with Gasteiger partial charge in [0.05, 0.1) is 49.3 Å². The zero-order valence-corrected chi connectivity index (χ0v) is 22.4. The fourth-order valence-electron chi connectivity index (χ4n) is 4.85. The second kappa shape index (κ2) is 10.4. The SMILES string of the molecule is N#Cc1cnc2c(Cl)cc(N[C@H](C3=CNNN3)c3cccc4c3CNC4)cc2c1Nc1ccc(Cl)c(Cl)c1F. The third-order valence-corrected chi connectivity index (χ3v) is 7.78. The maximum atomic E-state index is 14.9. The zero-order valence-electron chi connectivity index (χ0n) is 20.1. The first-order valence-corrected chi connectivity index (χ1v) is 13.1. The van der Waals surface area contributed by atoms with Crippen LogP contribution in [-0.4, -0.2) is 4.98 Å². The second-order valence-corrected chi connectivity index (χ2v) is 10.2. The van der Waals surface area contributed by atoms with Crippen LogP contribution in [0.3, 0.4) is 0 Å². The number of rotatable bonds is 6. The number of nitrogens with one attached hydrogen (secondary N) is 6. The molecule has 1 aromatic heterocycles. The molecule has 0 saturated heterocycles. The Labute approximate surface area is 238 Å². The predicted octanol–water partition coefficient (Wildman–Crippen LogP) is 6.16. The molecule has 6 N–H and O–H groups in total. The van der Waals surface area contributed by atoms with Crippen molar-refractivity contribution in [3.63, 3.8) is 0 Å². The van der Waals surface area contributed by atoms with E-state index in [0.717, 1.165) is 24.4 Å². The molecule has 4 aromatic rings. The van der Waals surface area contributed by atoms with E-state index in [1.54, 1.807) is 6.07 Å². The fraction of sp³-hybridized carbons (Fsp3) is 0.111. The van der Waals surface area contributed by atoms with Crippen LogP contribution >= 0.6 is 34.8 Å². The normalized spacial score (nSPS) is 14.7. The van der Waals surface area contributed by atoms with Gasteiger partial charge >= 0.3 is 0 Å². The van der Waals surface area contributed by atoms with Crippen molar-refractivity contribution in [3.05, 3.63) is 104 Å². The Bertz CT molecular complexity index is 1700. The standard InChI is InChI=1S/C27H20Cl3FN8/c28-19-4-5-21(24(31)23(19)30)37-25-14(8-32)10-34-26-17(25)6-15(7-20(26)29)36-27(22-12-35-39-38-22)16-3-1-2-13-9-33-11-18(13)16/h1-7,10,12,27,33,35-36,38-39H,9,11H2,(H,34,37)/t27-/m0/s1. The third kappa shape index (κ3) is 4.67. The highest BCUT2D eigenvalue weighted by Gasteiger charge is 2.26. The molecule has 6 rings (SSSR count). The monoisotopic (exact) mass is 580 g/mol. The van der Waals surface area contributed by atoms with Crippen LogP contribution in [-0.2, 0) is 13.1 Å². The highest BCUT2D eigenvalue weighted by Crippen LogP contribution is 2.39. The van der Waals surface area contributed by atoms with Gasteiger partial charge in [-0.1, -0.05) is 53.0 Å². The van der Waals surface area contributed by atoms with Crippen molar-refractivity contribution < 1.29 is 4.39 Å². The second-order valence-electron chi connectivity index (χ2n) is 9.02. The summed E-state index contributed by atoms with van der Waals surface area (Å²) in [7, 11) is 0. The number of anilines is 3. The van der Waals surface area contributed by atoms with Crippen molar-refractivity contribution in [3.8, 4) is 6.07 Å². The van der Waals surface area contributed by atoms with E-state index in [4.69, 9.17) is 34.8 Å². The minimum Gasteiger partial charge on any atom is -0.373 e. The molecule has 1 atom stereocenters. The lowest BCUT2D eigenvalue weighted by Gasteiger charge is -2.24. The van der Waals surface area contributed by atoms with Crippen molar-refractivity contribution >= 4 is 62.8 Å². The molecular formula is C27H20Cl3FN8. The number of hydrogen-bond acceptors (Lipinski definition) is 8. The maximum Gasteiger partial charge on any atom is 0.166 e. The largest absolute Gasteiger partial charge is 0.373 e. The average Bonchev–Trinajstić information content (AvgIpc) is 3.65. The Morgan fingerprint density at radius 3 is 2.74 bits per heavy atom. The Balaban J connectivity index is 1.46. The lowest BCUT2D eigenvalue weighted by Crippen LogP contribution is -2.34. The number of fused-ring (bicyclic) bond motifs is 2. The smallest absolute Gasteiger partial charge is 0.166 e. The van der Waals surface area contributed by atoms with Crippen molar-refractivity contribution in [2.75, 3.05) is 10.6 Å². The highest BCUT2D eigenvalue weighted by atomic mass is 35.5. The maximum absolute atomic E-state index is 14.9. The minimum atomic E-state index is -0.732. The number of nitrogens with zero attached hydrogens (tertiary/aromatic N) is 2. The van der Waals surface area contributed by atoms with Crippen LogP contribution in [0.2, 0.25) is 15.1 Å². The summed E-state index contributed by atoms with van der Waals surface area (Å²) < 4.78 is 14.9. The van der Waals surface area contributed by atoms with Gasteiger partial charge in [0.2, 0.25) is 0 Å². The molecule has 0 bridgehead atoms. The number of benzene rings is 3. The molecular weight excluding hydrogens is 562 g/mol. The molecule has 0 fully saturated rings. The van der Waals surface area contributed by atoms with Gasteiger partial charge in [0.1, 0.15) is 6.07 Å². The number of hydrazine groups is 2. The van der Waals surface area contributed by atoms with Crippen LogP contribution in [0.4, 0.5) is 21.5 Å². The predicted molar refractivity (Wildman–Crippen MR) is 152 cm³/mol. The topological polar surface area (TPSA) is 109 Å². The molecule has 0 radical (unpaired) electrons. The van der Waals surface area contributed by atoms with E-state index < -0.39 is 5.82 Å². The Morgan fingerprint density at radius 1 is 1.08 bits per heavy atom. The molecule has 2 aliphatic rings. The molecule has 0 aliphatic carbocycles. The van der Waals surface area contributed by atoms with Gasteiger partial charge < -0.3 is 26.8 Å². The lowest BCUT2D eigenvalue weighted by atomic mass is 9.95. The van der Waals surface area contributed by atoms with Crippen molar-refractivity contribution in [2.45, 2.75) is 19.1 Å². The van der Waals surface area contributed by atoms with Gasteiger partial charge in [0.25, 0.3) is 0 Å². The van der Waals surface area contributed by atoms with E-state index in [-0.39, 0.29) is 27.3 Å². The average molecular weight is 582 g/mol. The van der Waals surface area contributed by atoms with Gasteiger partial charge in [-0.2, -0.15) is 10.8 Å². The Morgan fingerprint density at radius 2 is 1.95 bits per heavy atom. The molecule has 0 amide bonds.